The van der Waals surface area contributed by atoms with Crippen molar-refractivity contribution in [3.63, 3.8) is 0 Å². The van der Waals surface area contributed by atoms with Crippen molar-refractivity contribution < 1.29 is 32.0 Å². The Hall–Kier alpha value is -3.79. The first kappa shape index (κ1) is 23.4. The lowest BCUT2D eigenvalue weighted by atomic mass is 10.1. The smallest absolute Gasteiger partial charge is 0.417 e. The largest absolute Gasteiger partial charge is 0.457 e. The number of furan rings is 1. The number of hydrogen-bond donors (Lipinski definition) is 1. The highest BCUT2D eigenvalue weighted by molar-refractivity contribution is 8.18. The van der Waals surface area contributed by atoms with Crippen LogP contribution in [-0.4, -0.2) is 28.5 Å². The van der Waals surface area contributed by atoms with Gasteiger partial charge in [-0.1, -0.05) is 30.3 Å². The Labute approximate surface area is 196 Å². The molecular formula is C24H17F3N2O4S. The molecule has 1 aliphatic heterocycles. The minimum atomic E-state index is -4.56. The Morgan fingerprint density at radius 1 is 1.09 bits per heavy atom. The van der Waals surface area contributed by atoms with E-state index in [9.17, 15) is 27.6 Å². The fourth-order valence-electron chi connectivity index (χ4n) is 3.35. The molecule has 6 nitrogen and oxygen atoms in total. The van der Waals surface area contributed by atoms with Gasteiger partial charge in [0.25, 0.3) is 11.1 Å². The number of hydrogen-bond acceptors (Lipinski definition) is 5. The normalized spacial score (nSPS) is 15.3. The predicted octanol–water partition coefficient (Wildman–Crippen LogP) is 5.95. The van der Waals surface area contributed by atoms with Gasteiger partial charge in [0.1, 0.15) is 18.1 Å². The van der Waals surface area contributed by atoms with Gasteiger partial charge in [-0.15, -0.1) is 0 Å². The van der Waals surface area contributed by atoms with Crippen molar-refractivity contribution in [2.75, 3.05) is 11.9 Å². The number of anilines is 1. The van der Waals surface area contributed by atoms with Crippen LogP contribution < -0.4 is 5.32 Å². The highest BCUT2D eigenvalue weighted by atomic mass is 32.2. The van der Waals surface area contributed by atoms with Crippen LogP contribution >= 0.6 is 11.8 Å². The van der Waals surface area contributed by atoms with Crippen molar-refractivity contribution >= 4 is 40.6 Å². The van der Waals surface area contributed by atoms with Crippen LogP contribution in [0.25, 0.3) is 17.4 Å². The second-order valence-electron chi connectivity index (χ2n) is 7.43. The molecule has 0 spiro atoms. The first-order valence-corrected chi connectivity index (χ1v) is 10.8. The van der Waals surface area contributed by atoms with E-state index in [0.29, 0.717) is 17.4 Å². The Morgan fingerprint density at radius 3 is 2.59 bits per heavy atom. The second kappa shape index (κ2) is 9.22. The number of rotatable bonds is 5. The Morgan fingerprint density at radius 2 is 1.85 bits per heavy atom. The lowest BCUT2D eigenvalue weighted by Gasteiger charge is -2.12. The van der Waals surface area contributed by atoms with Crippen molar-refractivity contribution in [3.8, 4) is 11.3 Å². The predicted molar refractivity (Wildman–Crippen MR) is 122 cm³/mol. The minimum Gasteiger partial charge on any atom is -0.457 e. The number of imide groups is 1. The summed E-state index contributed by atoms with van der Waals surface area (Å²) in [5, 5.41) is 2.00. The molecule has 34 heavy (non-hydrogen) atoms. The molecule has 1 aromatic heterocycles. The summed E-state index contributed by atoms with van der Waals surface area (Å²) in [5.74, 6) is -1.17. The van der Waals surface area contributed by atoms with E-state index in [2.05, 4.69) is 5.32 Å². The molecule has 1 saturated heterocycles. The van der Waals surface area contributed by atoms with Gasteiger partial charge in [0, 0.05) is 17.3 Å². The molecule has 1 aliphatic rings. The molecule has 0 saturated carbocycles. The number of aryl methyl sites for hydroxylation is 1. The lowest BCUT2D eigenvalue weighted by Crippen LogP contribution is -2.36. The van der Waals surface area contributed by atoms with Crippen LogP contribution in [0.2, 0.25) is 0 Å². The summed E-state index contributed by atoms with van der Waals surface area (Å²) in [7, 11) is 0. The van der Waals surface area contributed by atoms with Gasteiger partial charge >= 0.3 is 6.18 Å². The Kier molecular flexibility index (Phi) is 6.34. The zero-order valence-electron chi connectivity index (χ0n) is 17.7. The first-order valence-electron chi connectivity index (χ1n) is 10.00. The van der Waals surface area contributed by atoms with E-state index in [1.165, 1.54) is 36.4 Å². The second-order valence-corrected chi connectivity index (χ2v) is 8.42. The average molecular weight is 486 g/mol. The molecule has 174 valence electrons. The number of benzene rings is 2. The molecule has 0 unspecified atom stereocenters. The van der Waals surface area contributed by atoms with Gasteiger partial charge < -0.3 is 9.73 Å². The highest BCUT2D eigenvalue weighted by Crippen LogP contribution is 2.38. The van der Waals surface area contributed by atoms with E-state index < -0.39 is 35.3 Å². The summed E-state index contributed by atoms with van der Waals surface area (Å²) < 4.78 is 45.4. The lowest BCUT2D eigenvalue weighted by molar-refractivity contribution is -0.137. The summed E-state index contributed by atoms with van der Waals surface area (Å²) in [4.78, 5) is 38.1. The number of nitrogens with one attached hydrogen (secondary N) is 1. The van der Waals surface area contributed by atoms with Crippen molar-refractivity contribution in [2.45, 2.75) is 13.1 Å². The number of alkyl halides is 3. The fourth-order valence-corrected chi connectivity index (χ4v) is 4.17. The summed E-state index contributed by atoms with van der Waals surface area (Å²) in [5.41, 5.74) is 0.476. The molecule has 3 amide bonds. The van der Waals surface area contributed by atoms with E-state index in [4.69, 9.17) is 4.42 Å². The van der Waals surface area contributed by atoms with Crippen molar-refractivity contribution in [1.29, 1.82) is 0 Å². The molecule has 0 radical (unpaired) electrons. The van der Waals surface area contributed by atoms with Crippen LogP contribution in [0.1, 0.15) is 16.9 Å². The molecule has 1 N–H and O–H groups in total. The van der Waals surface area contributed by atoms with E-state index in [0.717, 1.165) is 16.5 Å². The third kappa shape index (κ3) is 5.07. The molecule has 0 atom stereocenters. The van der Waals surface area contributed by atoms with Crippen LogP contribution in [0.3, 0.4) is 0 Å². The molecule has 2 heterocycles. The standard InChI is InChI=1S/C24H17F3N2O4S/c1-14-5-4-6-15(11-14)28-21(30)13-29-22(31)20(34-23(29)32)12-16-9-10-19(33-16)17-7-2-3-8-18(17)24(25,26)27/h2-12H,13H2,1H3,(H,28,30)/b20-12+. The maximum absolute atomic E-state index is 13.3. The van der Waals surface area contributed by atoms with Crippen LogP contribution in [0.4, 0.5) is 23.7 Å². The number of carbonyl (C=O) groups is 3. The molecule has 0 bridgehead atoms. The molecular weight excluding hydrogens is 469 g/mol. The summed E-state index contributed by atoms with van der Waals surface area (Å²) >= 11 is 0.618. The maximum atomic E-state index is 13.3. The minimum absolute atomic E-state index is 0.00152. The molecule has 10 heteroatoms. The van der Waals surface area contributed by atoms with Gasteiger partial charge in [0.15, 0.2) is 0 Å². The van der Waals surface area contributed by atoms with Crippen molar-refractivity contribution in [2.24, 2.45) is 0 Å². The number of halogens is 3. The van der Waals surface area contributed by atoms with Gasteiger partial charge in [-0.3, -0.25) is 19.3 Å². The van der Waals surface area contributed by atoms with Crippen LogP contribution in [-0.2, 0) is 15.8 Å². The summed E-state index contributed by atoms with van der Waals surface area (Å²) in [6, 6.07) is 14.8. The molecule has 1 fully saturated rings. The summed E-state index contributed by atoms with van der Waals surface area (Å²) in [6.07, 6.45) is -3.30. The number of nitrogens with zero attached hydrogens (tertiary/aromatic N) is 1. The summed E-state index contributed by atoms with van der Waals surface area (Å²) in [6.45, 7) is 1.39. The molecule has 4 rings (SSSR count). The Bertz CT molecular complexity index is 1310. The number of amides is 3. The highest BCUT2D eigenvalue weighted by Gasteiger charge is 2.37. The van der Waals surface area contributed by atoms with E-state index in [1.54, 1.807) is 18.2 Å². The van der Waals surface area contributed by atoms with E-state index in [1.807, 2.05) is 13.0 Å². The molecule has 3 aromatic rings. The first-order chi connectivity index (χ1) is 16.1. The maximum Gasteiger partial charge on any atom is 0.417 e. The Balaban J connectivity index is 1.49. The van der Waals surface area contributed by atoms with Gasteiger partial charge in [-0.2, -0.15) is 13.2 Å². The third-order valence-corrected chi connectivity index (χ3v) is 5.78. The zero-order valence-corrected chi connectivity index (χ0v) is 18.5. The molecule has 2 aromatic carbocycles. The van der Waals surface area contributed by atoms with Crippen LogP contribution in [0.5, 0.6) is 0 Å². The molecule has 0 aliphatic carbocycles. The number of thioether (sulfide) groups is 1. The van der Waals surface area contributed by atoms with Gasteiger partial charge in [-0.25, -0.2) is 0 Å². The van der Waals surface area contributed by atoms with Gasteiger partial charge in [0.05, 0.1) is 10.5 Å². The number of carbonyl (C=O) groups excluding carboxylic acids is 3. The monoisotopic (exact) mass is 486 g/mol. The van der Waals surface area contributed by atoms with E-state index in [-0.39, 0.29) is 22.0 Å². The quantitative estimate of drug-likeness (QED) is 0.451. The average Bonchev–Trinajstić information content (AvgIpc) is 3.33. The SMILES string of the molecule is Cc1cccc(NC(=O)CN2C(=O)S/C(=C/c3ccc(-c4ccccc4C(F)(F)F)o3)C2=O)c1. The van der Waals surface area contributed by atoms with Gasteiger partial charge in [-0.05, 0) is 54.6 Å². The fraction of sp³-hybridized carbons (Fsp3) is 0.125. The van der Waals surface area contributed by atoms with Gasteiger partial charge in [0.2, 0.25) is 5.91 Å². The topological polar surface area (TPSA) is 79.6 Å². The van der Waals surface area contributed by atoms with Crippen LogP contribution in [0.15, 0.2) is 70.0 Å². The third-order valence-electron chi connectivity index (χ3n) is 4.88. The van der Waals surface area contributed by atoms with Crippen LogP contribution in [0, 0.1) is 6.92 Å². The van der Waals surface area contributed by atoms with Crippen molar-refractivity contribution in [3.05, 3.63) is 82.5 Å². The van der Waals surface area contributed by atoms with E-state index >= 15 is 0 Å². The van der Waals surface area contributed by atoms with Crippen molar-refractivity contribution in [1.82, 2.24) is 4.90 Å². The zero-order chi connectivity index (χ0) is 24.5.